The summed E-state index contributed by atoms with van der Waals surface area (Å²) in [7, 11) is 0. The van der Waals surface area contributed by atoms with E-state index in [2.05, 4.69) is 4.90 Å². The van der Waals surface area contributed by atoms with Crippen molar-refractivity contribution in [1.82, 2.24) is 4.90 Å². The van der Waals surface area contributed by atoms with Crippen molar-refractivity contribution >= 4 is 5.78 Å². The molecule has 0 aromatic heterocycles. The summed E-state index contributed by atoms with van der Waals surface area (Å²) in [5.74, 6) is 0.639. The Morgan fingerprint density at radius 2 is 2.00 bits per heavy atom. The van der Waals surface area contributed by atoms with Gasteiger partial charge in [0.15, 0.2) is 5.78 Å². The number of carbonyl (C=O) groups is 1. The lowest BCUT2D eigenvalue weighted by Gasteiger charge is -2.29. The molecule has 1 fully saturated rings. The van der Waals surface area contributed by atoms with E-state index in [4.69, 9.17) is 0 Å². The van der Waals surface area contributed by atoms with Gasteiger partial charge in [0.05, 0.1) is 0 Å². The SMILES string of the molecule is O=C1C=CCCCC1CN1CCCCC1. The minimum atomic E-state index is 0.279. The van der Waals surface area contributed by atoms with Gasteiger partial charge in [-0.15, -0.1) is 0 Å². The molecule has 2 nitrogen and oxygen atoms in total. The van der Waals surface area contributed by atoms with Gasteiger partial charge in [0.1, 0.15) is 0 Å². The van der Waals surface area contributed by atoms with Crippen LogP contribution in [-0.4, -0.2) is 30.3 Å². The maximum atomic E-state index is 11.8. The van der Waals surface area contributed by atoms with Crippen molar-refractivity contribution < 1.29 is 4.79 Å². The Kier molecular flexibility index (Phi) is 3.95. The Bertz CT molecular complexity index is 241. The molecule has 2 rings (SSSR count). The third kappa shape index (κ3) is 3.16. The number of ketones is 1. The lowest BCUT2D eigenvalue weighted by atomic mass is 9.98. The number of allylic oxidation sites excluding steroid dienone is 2. The molecule has 84 valence electrons. The van der Waals surface area contributed by atoms with Crippen LogP contribution in [-0.2, 0) is 4.79 Å². The van der Waals surface area contributed by atoms with Gasteiger partial charge < -0.3 is 4.90 Å². The monoisotopic (exact) mass is 207 g/mol. The molecule has 1 atom stereocenters. The second kappa shape index (κ2) is 5.45. The molecule has 0 amide bonds. The van der Waals surface area contributed by atoms with E-state index in [1.54, 1.807) is 0 Å². The first kappa shape index (κ1) is 10.9. The number of piperidine rings is 1. The van der Waals surface area contributed by atoms with Crippen molar-refractivity contribution in [2.75, 3.05) is 19.6 Å². The van der Waals surface area contributed by atoms with Crippen LogP contribution in [0.15, 0.2) is 12.2 Å². The number of rotatable bonds is 2. The molecule has 0 aromatic rings. The molecule has 0 N–H and O–H groups in total. The molecule has 0 aromatic carbocycles. The molecule has 1 heterocycles. The fourth-order valence-corrected chi connectivity index (χ4v) is 2.59. The summed E-state index contributed by atoms with van der Waals surface area (Å²) in [4.78, 5) is 14.3. The molecule has 2 aliphatic rings. The summed E-state index contributed by atoms with van der Waals surface area (Å²) in [6, 6.07) is 0. The van der Waals surface area contributed by atoms with Crippen LogP contribution in [0.5, 0.6) is 0 Å². The average Bonchev–Trinajstić information content (AvgIpc) is 2.46. The first-order valence-corrected chi connectivity index (χ1v) is 6.29. The van der Waals surface area contributed by atoms with E-state index in [1.807, 2.05) is 12.2 Å². The van der Waals surface area contributed by atoms with E-state index >= 15 is 0 Å². The van der Waals surface area contributed by atoms with Gasteiger partial charge in [-0.25, -0.2) is 0 Å². The lowest BCUT2D eigenvalue weighted by Crippen LogP contribution is -2.36. The van der Waals surface area contributed by atoms with Crippen LogP contribution in [0.2, 0.25) is 0 Å². The van der Waals surface area contributed by atoms with Crippen LogP contribution < -0.4 is 0 Å². The van der Waals surface area contributed by atoms with E-state index < -0.39 is 0 Å². The number of nitrogens with zero attached hydrogens (tertiary/aromatic N) is 1. The van der Waals surface area contributed by atoms with Crippen molar-refractivity contribution in [3.63, 3.8) is 0 Å². The molecular weight excluding hydrogens is 186 g/mol. The van der Waals surface area contributed by atoms with Gasteiger partial charge in [-0.3, -0.25) is 4.79 Å². The standard InChI is InChI=1S/C13H21NO/c15-13-8-4-1-3-7-12(13)11-14-9-5-2-6-10-14/h4,8,12H,1-3,5-7,9-11H2. The number of likely N-dealkylation sites (tertiary alicyclic amines) is 1. The van der Waals surface area contributed by atoms with E-state index in [9.17, 15) is 4.79 Å². The smallest absolute Gasteiger partial charge is 0.159 e. The molecule has 0 radical (unpaired) electrons. The Morgan fingerprint density at radius 1 is 1.20 bits per heavy atom. The first-order valence-electron chi connectivity index (χ1n) is 6.29. The molecule has 0 spiro atoms. The highest BCUT2D eigenvalue weighted by atomic mass is 16.1. The topological polar surface area (TPSA) is 20.3 Å². The molecule has 1 saturated heterocycles. The zero-order valence-corrected chi connectivity index (χ0v) is 9.45. The second-order valence-electron chi connectivity index (χ2n) is 4.79. The van der Waals surface area contributed by atoms with Crippen LogP contribution in [0.3, 0.4) is 0 Å². The lowest BCUT2D eigenvalue weighted by molar-refractivity contribution is -0.119. The summed E-state index contributed by atoms with van der Waals surface area (Å²) >= 11 is 0. The highest BCUT2D eigenvalue weighted by Gasteiger charge is 2.21. The Balaban J connectivity index is 1.86. The van der Waals surface area contributed by atoms with Crippen LogP contribution in [0.4, 0.5) is 0 Å². The van der Waals surface area contributed by atoms with Gasteiger partial charge in [0.25, 0.3) is 0 Å². The van der Waals surface area contributed by atoms with Crippen LogP contribution in [0, 0.1) is 5.92 Å². The Labute approximate surface area is 92.3 Å². The van der Waals surface area contributed by atoms with Gasteiger partial charge in [-0.2, -0.15) is 0 Å². The zero-order valence-electron chi connectivity index (χ0n) is 9.45. The van der Waals surface area contributed by atoms with Crippen LogP contribution in [0.25, 0.3) is 0 Å². The van der Waals surface area contributed by atoms with E-state index in [1.165, 1.54) is 38.8 Å². The molecule has 1 unspecified atom stereocenters. The highest BCUT2D eigenvalue weighted by Crippen LogP contribution is 2.19. The summed E-state index contributed by atoms with van der Waals surface area (Å²) in [6.07, 6.45) is 11.2. The minimum absolute atomic E-state index is 0.279. The van der Waals surface area contributed by atoms with Crippen molar-refractivity contribution in [1.29, 1.82) is 0 Å². The molecule has 2 heteroatoms. The minimum Gasteiger partial charge on any atom is -0.303 e. The molecule has 1 aliphatic carbocycles. The average molecular weight is 207 g/mol. The van der Waals surface area contributed by atoms with E-state index in [0.717, 1.165) is 19.4 Å². The zero-order chi connectivity index (χ0) is 10.5. The molecule has 15 heavy (non-hydrogen) atoms. The molecular formula is C13H21NO. The summed E-state index contributed by atoms with van der Waals surface area (Å²) in [5, 5.41) is 0. The summed E-state index contributed by atoms with van der Waals surface area (Å²) < 4.78 is 0. The van der Waals surface area contributed by atoms with Gasteiger partial charge in [-0.05, 0) is 51.3 Å². The number of hydrogen-bond donors (Lipinski definition) is 0. The molecule has 0 bridgehead atoms. The maximum absolute atomic E-state index is 11.8. The van der Waals surface area contributed by atoms with Crippen molar-refractivity contribution in [2.45, 2.75) is 38.5 Å². The van der Waals surface area contributed by atoms with Crippen LogP contribution >= 0.6 is 0 Å². The van der Waals surface area contributed by atoms with Gasteiger partial charge in [-0.1, -0.05) is 12.5 Å². The third-order valence-electron chi connectivity index (χ3n) is 3.54. The van der Waals surface area contributed by atoms with Crippen molar-refractivity contribution in [3.8, 4) is 0 Å². The highest BCUT2D eigenvalue weighted by molar-refractivity contribution is 5.92. The third-order valence-corrected chi connectivity index (χ3v) is 3.54. The van der Waals surface area contributed by atoms with Gasteiger partial charge >= 0.3 is 0 Å². The van der Waals surface area contributed by atoms with Crippen molar-refractivity contribution in [3.05, 3.63) is 12.2 Å². The van der Waals surface area contributed by atoms with Gasteiger partial charge in [0.2, 0.25) is 0 Å². The van der Waals surface area contributed by atoms with Gasteiger partial charge in [0, 0.05) is 12.5 Å². The molecule has 1 aliphatic heterocycles. The molecule has 0 saturated carbocycles. The van der Waals surface area contributed by atoms with E-state index in [-0.39, 0.29) is 5.92 Å². The predicted octanol–water partition coefficient (Wildman–Crippen LogP) is 2.40. The number of carbonyl (C=O) groups excluding carboxylic acids is 1. The first-order chi connectivity index (χ1) is 7.36. The van der Waals surface area contributed by atoms with Crippen LogP contribution in [0.1, 0.15) is 38.5 Å². The quantitative estimate of drug-likeness (QED) is 0.693. The number of hydrogen-bond acceptors (Lipinski definition) is 2. The normalized spacial score (nSPS) is 29.1. The summed E-state index contributed by atoms with van der Waals surface area (Å²) in [5.41, 5.74) is 0. The largest absolute Gasteiger partial charge is 0.303 e. The fraction of sp³-hybridized carbons (Fsp3) is 0.769. The maximum Gasteiger partial charge on any atom is 0.159 e. The predicted molar refractivity (Wildman–Crippen MR) is 61.8 cm³/mol. The Hall–Kier alpha value is -0.630. The van der Waals surface area contributed by atoms with Crippen molar-refractivity contribution in [2.24, 2.45) is 5.92 Å². The second-order valence-corrected chi connectivity index (χ2v) is 4.79. The van der Waals surface area contributed by atoms with E-state index in [0.29, 0.717) is 5.78 Å². The summed E-state index contributed by atoms with van der Waals surface area (Å²) in [6.45, 7) is 3.41. The Morgan fingerprint density at radius 3 is 2.80 bits per heavy atom. The fourth-order valence-electron chi connectivity index (χ4n) is 2.59.